The van der Waals surface area contributed by atoms with Crippen molar-refractivity contribution >= 4 is 17.3 Å². The topological polar surface area (TPSA) is 59.4 Å². The molecule has 2 aromatic rings. The Labute approximate surface area is 177 Å². The molecule has 0 spiro atoms. The Kier molecular flexibility index (Phi) is 7.08. The third-order valence-corrected chi connectivity index (χ3v) is 5.42. The van der Waals surface area contributed by atoms with Gasteiger partial charge in [0, 0.05) is 38.1 Å². The average Bonchev–Trinajstić information content (AvgIpc) is 2.78. The van der Waals surface area contributed by atoms with E-state index in [1.807, 2.05) is 54.0 Å². The molecule has 0 bridgehead atoms. The molecule has 156 valence electrons. The quantitative estimate of drug-likeness (QED) is 0.579. The molecule has 1 amide bonds. The summed E-state index contributed by atoms with van der Waals surface area (Å²) in [5, 5.41) is 12.5. The molecule has 0 unspecified atom stereocenters. The number of halogens is 1. The molecule has 0 atom stereocenters. The molecular formula is C24H27FN4O. The first-order valence-corrected chi connectivity index (χ1v) is 10.3. The van der Waals surface area contributed by atoms with Crippen LogP contribution in [0.25, 0.3) is 0 Å². The Balaban J connectivity index is 1.69. The van der Waals surface area contributed by atoms with Gasteiger partial charge in [0.15, 0.2) is 0 Å². The van der Waals surface area contributed by atoms with E-state index in [0.29, 0.717) is 31.9 Å². The van der Waals surface area contributed by atoms with Crippen LogP contribution in [0.2, 0.25) is 0 Å². The standard InChI is InChI=1S/C24H27FN4O/c1-3-18-8-7-9-19(4-2)23(18)27-24(30)20(16-26)17-28-12-14-29(15-13-28)22-11-6-5-10-21(22)25/h5-11,17H,3-4,12-15H2,1-2H3,(H,27,30)/b20-17-. The van der Waals surface area contributed by atoms with Gasteiger partial charge in [0.05, 0.1) is 5.69 Å². The van der Waals surface area contributed by atoms with Gasteiger partial charge >= 0.3 is 0 Å². The van der Waals surface area contributed by atoms with Crippen molar-refractivity contribution in [2.24, 2.45) is 0 Å². The maximum absolute atomic E-state index is 14.0. The molecule has 1 fully saturated rings. The predicted octanol–water partition coefficient (Wildman–Crippen LogP) is 4.12. The lowest BCUT2D eigenvalue weighted by Gasteiger charge is -2.35. The van der Waals surface area contributed by atoms with Crippen molar-refractivity contribution in [1.82, 2.24) is 4.90 Å². The van der Waals surface area contributed by atoms with Gasteiger partial charge in [-0.15, -0.1) is 0 Å². The van der Waals surface area contributed by atoms with Gasteiger partial charge in [-0.25, -0.2) is 4.39 Å². The van der Waals surface area contributed by atoms with Gasteiger partial charge in [-0.1, -0.05) is 44.2 Å². The van der Waals surface area contributed by atoms with E-state index in [4.69, 9.17) is 0 Å². The Morgan fingerprint density at radius 3 is 2.27 bits per heavy atom. The minimum atomic E-state index is -0.398. The number of hydrogen-bond donors (Lipinski definition) is 1. The summed E-state index contributed by atoms with van der Waals surface area (Å²) < 4.78 is 14.0. The minimum absolute atomic E-state index is 0.0716. The number of nitriles is 1. The van der Waals surface area contributed by atoms with Gasteiger partial charge in [-0.2, -0.15) is 5.26 Å². The van der Waals surface area contributed by atoms with Crippen LogP contribution in [0.5, 0.6) is 0 Å². The highest BCUT2D eigenvalue weighted by molar-refractivity contribution is 6.07. The van der Waals surface area contributed by atoms with E-state index in [2.05, 4.69) is 5.32 Å². The molecule has 1 aliphatic rings. The number of hydrogen-bond acceptors (Lipinski definition) is 4. The fourth-order valence-corrected chi connectivity index (χ4v) is 3.70. The van der Waals surface area contributed by atoms with Crippen LogP contribution in [0.4, 0.5) is 15.8 Å². The Morgan fingerprint density at radius 1 is 1.07 bits per heavy atom. The first-order valence-electron chi connectivity index (χ1n) is 10.3. The second kappa shape index (κ2) is 9.93. The maximum Gasteiger partial charge on any atom is 0.267 e. The van der Waals surface area contributed by atoms with Gasteiger partial charge in [0.2, 0.25) is 0 Å². The highest BCUT2D eigenvalue weighted by atomic mass is 19.1. The van der Waals surface area contributed by atoms with Crippen molar-refractivity contribution < 1.29 is 9.18 Å². The monoisotopic (exact) mass is 406 g/mol. The van der Waals surface area contributed by atoms with E-state index in [1.54, 1.807) is 18.3 Å². The van der Waals surface area contributed by atoms with Crippen molar-refractivity contribution in [3.05, 3.63) is 71.2 Å². The van der Waals surface area contributed by atoms with Crippen LogP contribution in [0.1, 0.15) is 25.0 Å². The summed E-state index contributed by atoms with van der Waals surface area (Å²) in [6, 6.07) is 14.7. The van der Waals surface area contributed by atoms with Crippen molar-refractivity contribution in [2.45, 2.75) is 26.7 Å². The SMILES string of the molecule is CCc1cccc(CC)c1NC(=O)/C(C#N)=C\N1CCN(c2ccccc2F)CC1. The van der Waals surface area contributed by atoms with E-state index in [9.17, 15) is 14.4 Å². The van der Waals surface area contributed by atoms with Gasteiger partial charge < -0.3 is 15.1 Å². The van der Waals surface area contributed by atoms with Crippen molar-refractivity contribution in [3.63, 3.8) is 0 Å². The van der Waals surface area contributed by atoms with Crippen LogP contribution >= 0.6 is 0 Å². The Morgan fingerprint density at radius 2 is 1.70 bits per heavy atom. The lowest BCUT2D eigenvalue weighted by molar-refractivity contribution is -0.112. The summed E-state index contributed by atoms with van der Waals surface area (Å²) in [7, 11) is 0. The van der Waals surface area contributed by atoms with Crippen LogP contribution in [0.15, 0.2) is 54.2 Å². The number of nitrogens with one attached hydrogen (secondary N) is 1. The number of aryl methyl sites for hydroxylation is 2. The van der Waals surface area contributed by atoms with Gasteiger partial charge in [0.1, 0.15) is 17.5 Å². The number of nitrogens with zero attached hydrogens (tertiary/aromatic N) is 3. The predicted molar refractivity (Wildman–Crippen MR) is 118 cm³/mol. The third kappa shape index (κ3) is 4.80. The third-order valence-electron chi connectivity index (χ3n) is 5.42. The number of benzene rings is 2. The number of carbonyl (C=O) groups is 1. The molecule has 3 rings (SSSR count). The summed E-state index contributed by atoms with van der Waals surface area (Å²) in [5.74, 6) is -0.635. The molecule has 0 saturated carbocycles. The van der Waals surface area contributed by atoms with Gasteiger partial charge in [0.25, 0.3) is 5.91 Å². The average molecular weight is 407 g/mol. The van der Waals surface area contributed by atoms with Crippen molar-refractivity contribution in [1.29, 1.82) is 5.26 Å². The molecule has 0 aromatic heterocycles. The summed E-state index contributed by atoms with van der Waals surface area (Å²) in [5.41, 5.74) is 3.57. The smallest absolute Gasteiger partial charge is 0.267 e. The molecule has 30 heavy (non-hydrogen) atoms. The van der Waals surface area contributed by atoms with Crippen molar-refractivity contribution in [3.8, 4) is 6.07 Å². The zero-order valence-corrected chi connectivity index (χ0v) is 17.5. The molecule has 0 aliphatic carbocycles. The summed E-state index contributed by atoms with van der Waals surface area (Å²) in [4.78, 5) is 16.7. The fraction of sp³-hybridized carbons (Fsp3) is 0.333. The van der Waals surface area contributed by atoms with Crippen LogP contribution in [-0.4, -0.2) is 37.0 Å². The molecule has 0 radical (unpaired) electrons. The molecule has 1 heterocycles. The van der Waals surface area contributed by atoms with Gasteiger partial charge in [-0.05, 0) is 36.1 Å². The number of piperazine rings is 1. The first kappa shape index (κ1) is 21.4. The maximum atomic E-state index is 14.0. The number of rotatable bonds is 6. The molecule has 5 nitrogen and oxygen atoms in total. The van der Waals surface area contributed by atoms with E-state index >= 15 is 0 Å². The number of amides is 1. The normalized spacial score (nSPS) is 14.4. The van der Waals surface area contributed by atoms with E-state index in [1.165, 1.54) is 6.07 Å². The Bertz CT molecular complexity index is 949. The van der Waals surface area contributed by atoms with Crippen molar-refractivity contribution in [2.75, 3.05) is 36.4 Å². The number of para-hydroxylation sites is 2. The van der Waals surface area contributed by atoms with Crippen LogP contribution < -0.4 is 10.2 Å². The highest BCUT2D eigenvalue weighted by Crippen LogP contribution is 2.24. The summed E-state index contributed by atoms with van der Waals surface area (Å²) in [6.45, 7) is 6.55. The molecule has 1 saturated heterocycles. The molecular weight excluding hydrogens is 379 g/mol. The second-order valence-corrected chi connectivity index (χ2v) is 7.24. The van der Waals surface area contributed by atoms with E-state index in [-0.39, 0.29) is 11.4 Å². The van der Waals surface area contributed by atoms with Crippen LogP contribution in [0.3, 0.4) is 0 Å². The fourth-order valence-electron chi connectivity index (χ4n) is 3.70. The number of anilines is 2. The Hall–Kier alpha value is -3.33. The van der Waals surface area contributed by atoms with Gasteiger partial charge in [-0.3, -0.25) is 4.79 Å². The minimum Gasteiger partial charge on any atom is -0.373 e. The molecule has 2 aromatic carbocycles. The largest absolute Gasteiger partial charge is 0.373 e. The second-order valence-electron chi connectivity index (χ2n) is 7.24. The van der Waals surface area contributed by atoms with E-state index in [0.717, 1.165) is 29.7 Å². The highest BCUT2D eigenvalue weighted by Gasteiger charge is 2.20. The molecule has 6 heteroatoms. The summed E-state index contributed by atoms with van der Waals surface area (Å²) >= 11 is 0. The molecule has 1 N–H and O–H groups in total. The lowest BCUT2D eigenvalue weighted by atomic mass is 10.0. The lowest BCUT2D eigenvalue weighted by Crippen LogP contribution is -2.44. The van der Waals surface area contributed by atoms with Crippen LogP contribution in [0, 0.1) is 17.1 Å². The summed E-state index contributed by atoms with van der Waals surface area (Å²) in [6.07, 6.45) is 3.22. The van der Waals surface area contributed by atoms with Crippen LogP contribution in [-0.2, 0) is 17.6 Å². The zero-order valence-electron chi connectivity index (χ0n) is 17.5. The number of carbonyl (C=O) groups excluding carboxylic acids is 1. The molecule has 1 aliphatic heterocycles. The first-order chi connectivity index (χ1) is 14.6. The van der Waals surface area contributed by atoms with E-state index < -0.39 is 5.91 Å². The zero-order chi connectivity index (χ0) is 21.5.